The first-order valence-electron chi connectivity index (χ1n) is 11.0. The van der Waals surface area contributed by atoms with Gasteiger partial charge in [0, 0.05) is 56.6 Å². The maximum atomic E-state index is 13.9. The first-order valence-corrected chi connectivity index (χ1v) is 11.0. The highest BCUT2D eigenvalue weighted by atomic mass is 16.3. The van der Waals surface area contributed by atoms with Crippen molar-refractivity contribution in [2.75, 3.05) is 25.5 Å². The molecule has 2 amide bonds. The molecule has 3 atom stereocenters. The predicted octanol–water partition coefficient (Wildman–Crippen LogP) is -0.00380. The Morgan fingerprint density at radius 2 is 1.86 bits per heavy atom. The molecule has 3 aliphatic rings. The fraction of sp³-hybridized carbons (Fsp3) is 0.417. The molecule has 1 aromatic carbocycles. The molecule has 186 valence electrons. The summed E-state index contributed by atoms with van der Waals surface area (Å²) in [6.45, 7) is 1.16. The van der Waals surface area contributed by atoms with Gasteiger partial charge in [0.05, 0.1) is 5.56 Å². The Morgan fingerprint density at radius 3 is 2.43 bits per heavy atom. The molecule has 0 aliphatic heterocycles. The average molecular weight is 485 g/mol. The molecule has 0 radical (unpaired) electrons. The number of carbonyl (C=O) groups is 4. The van der Waals surface area contributed by atoms with Crippen LogP contribution in [0.2, 0.25) is 0 Å². The van der Waals surface area contributed by atoms with Gasteiger partial charge in [-0.1, -0.05) is 0 Å². The maximum absolute atomic E-state index is 13.9. The van der Waals surface area contributed by atoms with Crippen LogP contribution in [0.4, 0.5) is 5.69 Å². The molecule has 7 N–H and O–H groups in total. The topological polar surface area (TPSA) is 190 Å². The lowest BCUT2D eigenvalue weighted by molar-refractivity contribution is -0.151. The second-order valence-corrected chi connectivity index (χ2v) is 9.65. The van der Waals surface area contributed by atoms with E-state index in [0.29, 0.717) is 11.3 Å². The van der Waals surface area contributed by atoms with Crippen LogP contribution in [0.15, 0.2) is 29.0 Å². The largest absolute Gasteiger partial charge is 0.508 e. The van der Waals surface area contributed by atoms with Crippen LogP contribution in [0.1, 0.15) is 30.9 Å². The number of carbonyl (C=O) groups excluding carboxylic acids is 4. The fourth-order valence-electron chi connectivity index (χ4n) is 5.75. The van der Waals surface area contributed by atoms with Crippen molar-refractivity contribution < 1.29 is 39.6 Å². The number of amides is 2. The summed E-state index contributed by atoms with van der Waals surface area (Å²) in [6.07, 6.45) is -0.476. The van der Waals surface area contributed by atoms with Crippen molar-refractivity contribution in [1.82, 2.24) is 5.32 Å². The van der Waals surface area contributed by atoms with Crippen LogP contribution in [-0.2, 0) is 25.6 Å². The number of ketones is 2. The number of nitrogens with two attached hydrogens (primary N) is 1. The Hall–Kier alpha value is -3.86. The monoisotopic (exact) mass is 485 g/mol. The molecule has 4 rings (SSSR count). The number of aliphatic hydroxyl groups is 3. The molecule has 11 heteroatoms. The summed E-state index contributed by atoms with van der Waals surface area (Å²) in [6, 6.07) is 3.01. The Bertz CT molecular complexity index is 1260. The van der Waals surface area contributed by atoms with Gasteiger partial charge in [0.15, 0.2) is 11.4 Å². The number of fused-ring (bicyclic) bond motifs is 3. The SMILES string of the molecule is CC(=O)NC[C@@]12Cc3c(N(C)C)ccc(O)c3C(O)=C1C(=O)[C@]1(O)C(O)=C(C(N)=O)C(=O)C[C@@H]1C2. The van der Waals surface area contributed by atoms with Crippen molar-refractivity contribution in [3.63, 3.8) is 0 Å². The molecule has 11 nitrogen and oxygen atoms in total. The Labute approximate surface area is 200 Å². The molecule has 0 saturated heterocycles. The Balaban J connectivity index is 2.03. The molecule has 0 bridgehead atoms. The zero-order valence-corrected chi connectivity index (χ0v) is 19.5. The van der Waals surface area contributed by atoms with Gasteiger partial charge in [-0.2, -0.15) is 0 Å². The number of Topliss-reactive ketones (excluding diaryl/α,β-unsaturated/α-hetero) is 2. The molecule has 0 spiro atoms. The number of anilines is 1. The molecule has 0 heterocycles. The van der Waals surface area contributed by atoms with Gasteiger partial charge in [-0.05, 0) is 30.5 Å². The van der Waals surface area contributed by atoms with Crippen molar-refractivity contribution in [2.45, 2.75) is 31.8 Å². The fourth-order valence-corrected chi connectivity index (χ4v) is 5.75. The van der Waals surface area contributed by atoms with Crippen molar-refractivity contribution in [3.05, 3.63) is 40.2 Å². The van der Waals surface area contributed by atoms with E-state index < -0.39 is 63.8 Å². The third-order valence-corrected chi connectivity index (χ3v) is 7.30. The van der Waals surface area contributed by atoms with Crippen LogP contribution in [0.5, 0.6) is 5.75 Å². The number of benzene rings is 1. The van der Waals surface area contributed by atoms with Crippen LogP contribution in [-0.4, -0.2) is 70.0 Å². The quantitative estimate of drug-likeness (QED) is 0.319. The van der Waals surface area contributed by atoms with E-state index in [9.17, 15) is 39.6 Å². The molecule has 1 fully saturated rings. The lowest BCUT2D eigenvalue weighted by Gasteiger charge is -2.52. The number of nitrogens with zero attached hydrogens (tertiary/aromatic N) is 1. The normalized spacial score (nSPS) is 27.7. The zero-order valence-electron chi connectivity index (χ0n) is 19.5. The predicted molar refractivity (Wildman–Crippen MR) is 123 cm³/mol. The molecule has 35 heavy (non-hydrogen) atoms. The standard InChI is InChI=1S/C24H27N3O8/c1-10(28)26-9-23-7-11-6-15(30)17(22(25)34)20(32)24(11,35)21(33)18(23)19(31)16-12(8-23)13(27(2)3)4-5-14(16)29/h4-5,11,29,31-32,35H,6-9H2,1-3H3,(H2,25,34)(H,26,28)/t11-,23-,24-/m1/s1. The number of hydrogen-bond acceptors (Lipinski definition) is 9. The molecular weight excluding hydrogens is 458 g/mol. The third kappa shape index (κ3) is 3.29. The lowest BCUT2D eigenvalue weighted by Crippen LogP contribution is -2.62. The summed E-state index contributed by atoms with van der Waals surface area (Å²) in [4.78, 5) is 51.9. The van der Waals surface area contributed by atoms with Crippen molar-refractivity contribution in [2.24, 2.45) is 17.1 Å². The minimum absolute atomic E-state index is 0.00877. The van der Waals surface area contributed by atoms with E-state index in [1.54, 1.807) is 25.1 Å². The molecular formula is C24H27N3O8. The van der Waals surface area contributed by atoms with Crippen LogP contribution >= 0.6 is 0 Å². The Morgan fingerprint density at radius 1 is 1.20 bits per heavy atom. The minimum atomic E-state index is -2.69. The van der Waals surface area contributed by atoms with Gasteiger partial charge in [0.1, 0.15) is 22.8 Å². The summed E-state index contributed by atoms with van der Waals surface area (Å²) in [5, 5.41) is 46.8. The number of aromatic hydroxyl groups is 1. The lowest BCUT2D eigenvalue weighted by atomic mass is 9.52. The highest BCUT2D eigenvalue weighted by molar-refractivity contribution is 6.23. The van der Waals surface area contributed by atoms with Crippen LogP contribution in [0, 0.1) is 11.3 Å². The van der Waals surface area contributed by atoms with E-state index in [-0.39, 0.29) is 36.3 Å². The summed E-state index contributed by atoms with van der Waals surface area (Å²) in [7, 11) is 3.53. The van der Waals surface area contributed by atoms with Gasteiger partial charge >= 0.3 is 0 Å². The number of aliphatic hydroxyl groups excluding tert-OH is 2. The van der Waals surface area contributed by atoms with E-state index >= 15 is 0 Å². The van der Waals surface area contributed by atoms with Crippen molar-refractivity contribution in [3.8, 4) is 5.75 Å². The van der Waals surface area contributed by atoms with Crippen molar-refractivity contribution >= 4 is 34.8 Å². The number of rotatable bonds is 4. The maximum Gasteiger partial charge on any atom is 0.255 e. The van der Waals surface area contributed by atoms with Crippen LogP contribution in [0.3, 0.4) is 0 Å². The number of hydrogen-bond donors (Lipinski definition) is 6. The van der Waals surface area contributed by atoms with E-state index in [0.717, 1.165) is 0 Å². The van der Waals surface area contributed by atoms with Gasteiger partial charge in [-0.25, -0.2) is 0 Å². The third-order valence-electron chi connectivity index (χ3n) is 7.30. The van der Waals surface area contributed by atoms with Crippen molar-refractivity contribution in [1.29, 1.82) is 0 Å². The van der Waals surface area contributed by atoms with E-state index in [1.807, 2.05) is 0 Å². The van der Waals surface area contributed by atoms with Gasteiger partial charge in [0.2, 0.25) is 11.7 Å². The second kappa shape index (κ2) is 7.84. The summed E-state index contributed by atoms with van der Waals surface area (Å²) >= 11 is 0. The molecule has 1 saturated carbocycles. The number of nitrogens with one attached hydrogen (secondary N) is 1. The summed E-state index contributed by atoms with van der Waals surface area (Å²) in [5.74, 6) is -6.85. The highest BCUT2D eigenvalue weighted by Gasteiger charge is 2.64. The van der Waals surface area contributed by atoms with Gasteiger partial charge in [-0.15, -0.1) is 0 Å². The average Bonchev–Trinajstić information content (AvgIpc) is 2.74. The molecule has 1 aromatic rings. The van der Waals surface area contributed by atoms with E-state index in [2.05, 4.69) is 5.32 Å². The summed E-state index contributed by atoms with van der Waals surface area (Å²) < 4.78 is 0. The zero-order chi connectivity index (χ0) is 26.0. The van der Waals surface area contributed by atoms with E-state index in [4.69, 9.17) is 5.73 Å². The van der Waals surface area contributed by atoms with E-state index in [1.165, 1.54) is 13.0 Å². The van der Waals surface area contributed by atoms with Crippen LogP contribution in [0.25, 0.3) is 5.76 Å². The molecule has 0 aromatic heterocycles. The van der Waals surface area contributed by atoms with Gasteiger partial charge in [0.25, 0.3) is 5.91 Å². The van der Waals surface area contributed by atoms with Gasteiger partial charge in [-0.3, -0.25) is 19.2 Å². The summed E-state index contributed by atoms with van der Waals surface area (Å²) in [5.41, 5.74) is 1.24. The molecule has 3 aliphatic carbocycles. The Kier molecular flexibility index (Phi) is 5.44. The number of phenols is 1. The minimum Gasteiger partial charge on any atom is -0.508 e. The number of phenolic OH excluding ortho intramolecular Hbond substituents is 1. The molecule has 0 unspecified atom stereocenters. The van der Waals surface area contributed by atoms with Crippen LogP contribution < -0.4 is 16.0 Å². The smallest absolute Gasteiger partial charge is 0.255 e. The number of primary amides is 1. The first-order chi connectivity index (χ1) is 16.3. The van der Waals surface area contributed by atoms with Gasteiger partial charge < -0.3 is 36.4 Å². The second-order valence-electron chi connectivity index (χ2n) is 9.65. The first kappa shape index (κ1) is 24.3. The highest BCUT2D eigenvalue weighted by Crippen LogP contribution is 2.58.